The summed E-state index contributed by atoms with van der Waals surface area (Å²) in [7, 11) is 0. The number of nitrogens with one attached hydrogen (secondary N) is 1. The van der Waals surface area contributed by atoms with Gasteiger partial charge in [0.1, 0.15) is 17.7 Å². The van der Waals surface area contributed by atoms with Gasteiger partial charge in [-0.25, -0.2) is 8.78 Å². The smallest absolute Gasteiger partial charge is 0.247 e. The van der Waals surface area contributed by atoms with Crippen LogP contribution in [0, 0.1) is 11.6 Å². The molecule has 1 N–H and O–H groups in total. The Morgan fingerprint density at radius 2 is 1.64 bits per heavy atom. The predicted molar refractivity (Wildman–Crippen MR) is 88.6 cm³/mol. The molecule has 6 heteroatoms. The van der Waals surface area contributed by atoms with E-state index in [9.17, 15) is 18.4 Å². The quantitative estimate of drug-likeness (QED) is 0.927. The Morgan fingerprint density at radius 1 is 1.04 bits per heavy atom. The van der Waals surface area contributed by atoms with Gasteiger partial charge in [-0.15, -0.1) is 0 Å². The van der Waals surface area contributed by atoms with Gasteiger partial charge < -0.3 is 10.2 Å². The number of rotatable bonds is 4. The van der Waals surface area contributed by atoms with E-state index in [0.717, 1.165) is 5.56 Å². The van der Waals surface area contributed by atoms with Crippen LogP contribution in [0.2, 0.25) is 0 Å². The van der Waals surface area contributed by atoms with Crippen LogP contribution in [0.1, 0.15) is 23.6 Å². The molecule has 0 saturated carbocycles. The fourth-order valence-corrected chi connectivity index (χ4v) is 2.96. The fourth-order valence-electron chi connectivity index (χ4n) is 2.96. The lowest BCUT2D eigenvalue weighted by Crippen LogP contribution is -2.52. The van der Waals surface area contributed by atoms with Crippen LogP contribution in [0.15, 0.2) is 48.5 Å². The first-order valence-corrected chi connectivity index (χ1v) is 8.11. The van der Waals surface area contributed by atoms with Gasteiger partial charge >= 0.3 is 0 Å². The topological polar surface area (TPSA) is 49.4 Å². The maximum Gasteiger partial charge on any atom is 0.247 e. The number of carbonyl (C=O) groups is 2. The second kappa shape index (κ2) is 7.42. The number of halogens is 2. The van der Waals surface area contributed by atoms with Crippen LogP contribution in [0.4, 0.5) is 8.78 Å². The summed E-state index contributed by atoms with van der Waals surface area (Å²) < 4.78 is 26.1. The SMILES string of the molecule is O=C1NCCN(C(=O)CCc2ccc(F)cc2)C1c1ccc(F)cc1. The van der Waals surface area contributed by atoms with Gasteiger partial charge in [0.25, 0.3) is 0 Å². The van der Waals surface area contributed by atoms with Crippen molar-refractivity contribution in [3.05, 3.63) is 71.3 Å². The minimum Gasteiger partial charge on any atom is -0.352 e. The fraction of sp³-hybridized carbons (Fsp3) is 0.263. The van der Waals surface area contributed by atoms with Gasteiger partial charge in [-0.3, -0.25) is 9.59 Å². The molecule has 4 nitrogen and oxygen atoms in total. The average molecular weight is 344 g/mol. The maximum atomic E-state index is 13.1. The van der Waals surface area contributed by atoms with E-state index in [-0.39, 0.29) is 24.1 Å². The lowest BCUT2D eigenvalue weighted by Gasteiger charge is -2.35. The molecule has 2 aromatic carbocycles. The Bertz CT molecular complexity index is 760. The second-order valence-electron chi connectivity index (χ2n) is 5.96. The van der Waals surface area contributed by atoms with Crippen molar-refractivity contribution < 1.29 is 18.4 Å². The summed E-state index contributed by atoms with van der Waals surface area (Å²) >= 11 is 0. The van der Waals surface area contributed by atoms with Gasteiger partial charge in [-0.05, 0) is 41.8 Å². The van der Waals surface area contributed by atoms with Crippen LogP contribution in [0.3, 0.4) is 0 Å². The lowest BCUT2D eigenvalue weighted by molar-refractivity contribution is -0.143. The first-order chi connectivity index (χ1) is 12.0. The third-order valence-electron chi connectivity index (χ3n) is 4.26. The molecule has 0 spiro atoms. The van der Waals surface area contributed by atoms with Gasteiger partial charge in [0.2, 0.25) is 11.8 Å². The zero-order valence-electron chi connectivity index (χ0n) is 13.5. The highest BCUT2D eigenvalue weighted by molar-refractivity contribution is 5.89. The molecule has 1 atom stereocenters. The number of benzene rings is 2. The predicted octanol–water partition coefficient (Wildman–Crippen LogP) is 2.60. The minimum atomic E-state index is -0.755. The number of carbonyl (C=O) groups excluding carboxylic acids is 2. The van der Waals surface area contributed by atoms with Crippen LogP contribution in [0.25, 0.3) is 0 Å². The number of hydrogen-bond acceptors (Lipinski definition) is 2. The van der Waals surface area contributed by atoms with Crippen molar-refractivity contribution in [2.24, 2.45) is 0 Å². The Hall–Kier alpha value is -2.76. The number of amides is 2. The first kappa shape index (κ1) is 17.1. The Labute approximate surface area is 144 Å². The zero-order chi connectivity index (χ0) is 17.8. The molecule has 130 valence electrons. The van der Waals surface area contributed by atoms with Crippen LogP contribution >= 0.6 is 0 Å². The van der Waals surface area contributed by atoms with Gasteiger partial charge in [0.15, 0.2) is 0 Å². The van der Waals surface area contributed by atoms with E-state index >= 15 is 0 Å². The molecule has 2 aromatic rings. The standard InChI is InChI=1S/C19H18F2N2O2/c20-15-6-1-13(2-7-15)3-10-17(24)23-12-11-22-19(25)18(23)14-4-8-16(21)9-5-14/h1-2,4-9,18H,3,10-12H2,(H,22,25). The number of hydrogen-bond donors (Lipinski definition) is 1. The second-order valence-corrected chi connectivity index (χ2v) is 5.96. The summed E-state index contributed by atoms with van der Waals surface area (Å²) in [6, 6.07) is 10.8. The maximum absolute atomic E-state index is 13.1. The van der Waals surface area contributed by atoms with E-state index in [1.54, 1.807) is 12.1 Å². The Morgan fingerprint density at radius 3 is 2.28 bits per heavy atom. The number of piperazine rings is 1. The summed E-state index contributed by atoms with van der Waals surface area (Å²) in [6.45, 7) is 0.787. The minimum absolute atomic E-state index is 0.159. The highest BCUT2D eigenvalue weighted by Crippen LogP contribution is 2.24. The van der Waals surface area contributed by atoms with Crippen molar-refractivity contribution in [2.75, 3.05) is 13.1 Å². The molecular weight excluding hydrogens is 326 g/mol. The van der Waals surface area contributed by atoms with Gasteiger partial charge in [0, 0.05) is 19.5 Å². The number of aryl methyl sites for hydroxylation is 1. The summed E-state index contributed by atoms with van der Waals surface area (Å²) in [4.78, 5) is 26.4. The summed E-state index contributed by atoms with van der Waals surface area (Å²) in [6.07, 6.45) is 0.685. The molecule has 1 fully saturated rings. The molecule has 1 heterocycles. The molecule has 25 heavy (non-hydrogen) atoms. The number of nitrogens with zero attached hydrogens (tertiary/aromatic N) is 1. The lowest BCUT2D eigenvalue weighted by atomic mass is 10.0. The molecule has 1 saturated heterocycles. The van der Waals surface area contributed by atoms with Crippen LogP contribution in [-0.4, -0.2) is 29.8 Å². The molecule has 1 aliphatic heterocycles. The monoisotopic (exact) mass is 344 g/mol. The van der Waals surface area contributed by atoms with Gasteiger partial charge in [0.05, 0.1) is 0 Å². The molecule has 2 amide bonds. The largest absolute Gasteiger partial charge is 0.352 e. The Balaban J connectivity index is 1.73. The van der Waals surface area contributed by atoms with Crippen LogP contribution in [0.5, 0.6) is 0 Å². The van der Waals surface area contributed by atoms with Crippen molar-refractivity contribution in [1.82, 2.24) is 10.2 Å². The van der Waals surface area contributed by atoms with Crippen LogP contribution in [-0.2, 0) is 16.0 Å². The summed E-state index contributed by atoms with van der Waals surface area (Å²) in [5, 5.41) is 2.74. The van der Waals surface area contributed by atoms with Crippen molar-refractivity contribution in [3.8, 4) is 0 Å². The molecule has 0 aromatic heterocycles. The molecule has 3 rings (SSSR count). The van der Waals surface area contributed by atoms with Gasteiger partial charge in [-0.2, -0.15) is 0 Å². The molecule has 0 bridgehead atoms. The average Bonchev–Trinajstić information content (AvgIpc) is 2.62. The molecule has 1 unspecified atom stereocenters. The third kappa shape index (κ3) is 4.02. The van der Waals surface area contributed by atoms with Crippen molar-refractivity contribution >= 4 is 11.8 Å². The highest BCUT2D eigenvalue weighted by atomic mass is 19.1. The molecule has 0 radical (unpaired) electrons. The molecule has 1 aliphatic rings. The van der Waals surface area contributed by atoms with Crippen LogP contribution < -0.4 is 5.32 Å². The van der Waals surface area contributed by atoms with Crippen molar-refractivity contribution in [3.63, 3.8) is 0 Å². The molecule has 0 aliphatic carbocycles. The van der Waals surface area contributed by atoms with E-state index in [1.807, 2.05) is 0 Å². The molecular formula is C19H18F2N2O2. The third-order valence-corrected chi connectivity index (χ3v) is 4.26. The van der Waals surface area contributed by atoms with E-state index < -0.39 is 11.9 Å². The Kier molecular flexibility index (Phi) is 5.07. The normalized spacial score (nSPS) is 17.3. The summed E-state index contributed by atoms with van der Waals surface area (Å²) in [5.74, 6) is -1.14. The van der Waals surface area contributed by atoms with Gasteiger partial charge in [-0.1, -0.05) is 24.3 Å². The van der Waals surface area contributed by atoms with E-state index in [4.69, 9.17) is 0 Å². The van der Waals surface area contributed by atoms with E-state index in [0.29, 0.717) is 25.1 Å². The van der Waals surface area contributed by atoms with Crippen molar-refractivity contribution in [2.45, 2.75) is 18.9 Å². The van der Waals surface area contributed by atoms with E-state index in [1.165, 1.54) is 41.3 Å². The van der Waals surface area contributed by atoms with Crippen molar-refractivity contribution in [1.29, 1.82) is 0 Å². The zero-order valence-corrected chi connectivity index (χ0v) is 13.5. The van der Waals surface area contributed by atoms with E-state index in [2.05, 4.69) is 5.32 Å². The first-order valence-electron chi connectivity index (χ1n) is 8.11. The summed E-state index contributed by atoms with van der Waals surface area (Å²) in [5.41, 5.74) is 1.43. The highest BCUT2D eigenvalue weighted by Gasteiger charge is 2.33.